The van der Waals surface area contributed by atoms with Gasteiger partial charge in [0.15, 0.2) is 0 Å². The van der Waals surface area contributed by atoms with Crippen LogP contribution < -0.4 is 10.6 Å². The summed E-state index contributed by atoms with van der Waals surface area (Å²) in [6, 6.07) is 0.566. The minimum absolute atomic E-state index is 0.0656. The van der Waals surface area contributed by atoms with Crippen molar-refractivity contribution >= 4 is 0 Å². The first-order valence-electron chi connectivity index (χ1n) is 15.4. The second kappa shape index (κ2) is 11.9. The first kappa shape index (κ1) is 28.8. The quantitative estimate of drug-likeness (QED) is 0.472. The summed E-state index contributed by atoms with van der Waals surface area (Å²) >= 11 is 0. The molecule has 4 fully saturated rings. The van der Waals surface area contributed by atoms with E-state index < -0.39 is 0 Å². The molecule has 36 heavy (non-hydrogen) atoms. The molecule has 1 radical (unpaired) electrons. The number of unbranched alkanes of at least 4 members (excludes halogenated alkanes) is 3. The van der Waals surface area contributed by atoms with Crippen LogP contribution >= 0.6 is 0 Å². The van der Waals surface area contributed by atoms with Gasteiger partial charge in [-0.1, -0.05) is 66.7 Å². The first-order valence-corrected chi connectivity index (χ1v) is 15.4. The molecule has 5 unspecified atom stereocenters. The van der Waals surface area contributed by atoms with E-state index in [9.17, 15) is 0 Å². The molecule has 6 heteroatoms. The number of nitrogens with one attached hydrogen (secondary N) is 1. The zero-order chi connectivity index (χ0) is 26.0. The van der Waals surface area contributed by atoms with Crippen molar-refractivity contribution in [3.63, 3.8) is 0 Å². The van der Waals surface area contributed by atoms with Crippen LogP contribution in [0.1, 0.15) is 93.4 Å². The molecule has 4 rings (SSSR count). The summed E-state index contributed by atoms with van der Waals surface area (Å²) in [6.45, 7) is 26.7. The van der Waals surface area contributed by atoms with E-state index in [0.717, 1.165) is 64.9 Å². The van der Waals surface area contributed by atoms with Crippen LogP contribution in [-0.4, -0.2) is 97.1 Å². The molecule has 5 atom stereocenters. The van der Waals surface area contributed by atoms with Crippen molar-refractivity contribution in [1.29, 1.82) is 0 Å². The third-order valence-corrected chi connectivity index (χ3v) is 11.0. The lowest BCUT2D eigenvalue weighted by atomic mass is 9.71. The van der Waals surface area contributed by atoms with E-state index in [2.05, 4.69) is 68.5 Å². The van der Waals surface area contributed by atoms with Gasteiger partial charge in [-0.2, -0.15) is 0 Å². The van der Waals surface area contributed by atoms with Crippen LogP contribution in [0.2, 0.25) is 0 Å². The summed E-state index contributed by atoms with van der Waals surface area (Å²) in [4.78, 5) is 8.58. The SMILES string of the molecule is CCCCCCC1(N2CC(N3CCNCC3)C(C)(C)C2(C)C)COCCN1C1[N]CC(CC)CC1C. The van der Waals surface area contributed by atoms with Crippen LogP contribution in [0.25, 0.3) is 0 Å². The molecule has 6 nitrogen and oxygen atoms in total. The molecule has 0 aliphatic carbocycles. The number of morpholine rings is 1. The summed E-state index contributed by atoms with van der Waals surface area (Å²) in [5.41, 5.74) is 0.180. The molecular weight excluding hydrogens is 446 g/mol. The maximum absolute atomic E-state index is 6.45. The molecule has 4 aliphatic heterocycles. The molecule has 0 bridgehead atoms. The average molecular weight is 505 g/mol. The van der Waals surface area contributed by atoms with E-state index in [4.69, 9.17) is 10.1 Å². The Hall–Kier alpha value is -0.240. The monoisotopic (exact) mass is 504 g/mol. The van der Waals surface area contributed by atoms with Crippen molar-refractivity contribution in [2.45, 2.75) is 117 Å². The van der Waals surface area contributed by atoms with Gasteiger partial charge in [-0.3, -0.25) is 14.7 Å². The number of piperazine rings is 1. The fourth-order valence-electron chi connectivity index (χ4n) is 7.99. The minimum atomic E-state index is -0.0724. The van der Waals surface area contributed by atoms with E-state index in [-0.39, 0.29) is 16.6 Å². The highest BCUT2D eigenvalue weighted by molar-refractivity contribution is 5.16. The van der Waals surface area contributed by atoms with Crippen molar-refractivity contribution in [3.8, 4) is 0 Å². The van der Waals surface area contributed by atoms with Gasteiger partial charge >= 0.3 is 0 Å². The van der Waals surface area contributed by atoms with Crippen molar-refractivity contribution in [2.24, 2.45) is 17.3 Å². The van der Waals surface area contributed by atoms with Gasteiger partial charge in [-0.05, 0) is 43.9 Å². The van der Waals surface area contributed by atoms with E-state index in [1.807, 2.05) is 0 Å². The van der Waals surface area contributed by atoms with Gasteiger partial charge in [0.05, 0.1) is 25.0 Å². The normalized spacial score (nSPS) is 38.4. The van der Waals surface area contributed by atoms with Gasteiger partial charge in [0.2, 0.25) is 0 Å². The molecule has 4 aliphatic rings. The Labute approximate surface area is 223 Å². The standard InChI is InChI=1S/C30H58N5O/c1-8-10-11-12-13-30(23-36-19-18-34(30)27-24(3)20-25(9-2)21-32-27)35-22-26(28(4,5)29(35,6)7)33-16-14-31-15-17-33/h24-27,31H,8-23H2,1-7H3. The fourth-order valence-corrected chi connectivity index (χ4v) is 7.99. The topological polar surface area (TPSA) is 45.1 Å². The van der Waals surface area contributed by atoms with Crippen LogP contribution in [0, 0.1) is 17.3 Å². The lowest BCUT2D eigenvalue weighted by Gasteiger charge is -2.60. The minimum Gasteiger partial charge on any atom is -0.377 e. The smallest absolute Gasteiger partial charge is 0.0996 e. The summed E-state index contributed by atoms with van der Waals surface area (Å²) < 4.78 is 6.45. The summed E-state index contributed by atoms with van der Waals surface area (Å²) in [5, 5.41) is 8.99. The summed E-state index contributed by atoms with van der Waals surface area (Å²) in [5.74, 6) is 1.37. The van der Waals surface area contributed by atoms with E-state index in [0.29, 0.717) is 18.1 Å². The number of piperidine rings is 1. The highest BCUT2D eigenvalue weighted by atomic mass is 16.5. The number of rotatable bonds is 9. The molecule has 4 heterocycles. The van der Waals surface area contributed by atoms with Gasteiger partial charge in [-0.25, -0.2) is 5.32 Å². The van der Waals surface area contributed by atoms with Crippen LogP contribution in [0.5, 0.6) is 0 Å². The van der Waals surface area contributed by atoms with Gasteiger partial charge in [0.1, 0.15) is 0 Å². The molecule has 0 saturated carbocycles. The Morgan fingerprint density at radius 3 is 2.42 bits per heavy atom. The molecular formula is C30H58N5O. The number of ether oxygens (including phenoxy) is 1. The zero-order valence-corrected chi connectivity index (χ0v) is 24.8. The van der Waals surface area contributed by atoms with Gasteiger partial charge in [0.25, 0.3) is 0 Å². The lowest BCUT2D eigenvalue weighted by molar-refractivity contribution is -0.207. The molecule has 1 N–H and O–H groups in total. The third kappa shape index (κ3) is 5.29. The largest absolute Gasteiger partial charge is 0.377 e. The summed E-state index contributed by atoms with van der Waals surface area (Å²) in [6.07, 6.45) is 9.29. The Bertz CT molecular complexity index is 693. The molecule has 209 valence electrons. The van der Waals surface area contributed by atoms with E-state index >= 15 is 0 Å². The average Bonchev–Trinajstić information content (AvgIpc) is 3.07. The maximum atomic E-state index is 6.45. The molecule has 0 spiro atoms. The Kier molecular flexibility index (Phi) is 9.49. The Morgan fingerprint density at radius 2 is 1.75 bits per heavy atom. The Balaban J connectivity index is 1.68. The number of hydrogen-bond donors (Lipinski definition) is 1. The van der Waals surface area contributed by atoms with Crippen molar-refractivity contribution < 1.29 is 4.74 Å². The summed E-state index contributed by atoms with van der Waals surface area (Å²) in [7, 11) is 0. The van der Waals surface area contributed by atoms with Gasteiger partial charge in [-0.15, -0.1) is 0 Å². The lowest BCUT2D eigenvalue weighted by Crippen LogP contribution is -2.74. The van der Waals surface area contributed by atoms with Crippen LogP contribution in [0.15, 0.2) is 0 Å². The van der Waals surface area contributed by atoms with Crippen molar-refractivity contribution in [1.82, 2.24) is 25.3 Å². The molecule has 0 amide bonds. The van der Waals surface area contributed by atoms with Crippen LogP contribution in [0.3, 0.4) is 0 Å². The second-order valence-corrected chi connectivity index (χ2v) is 13.5. The number of nitrogens with zero attached hydrogens (tertiary/aromatic N) is 4. The van der Waals surface area contributed by atoms with E-state index in [1.165, 1.54) is 44.9 Å². The second-order valence-electron chi connectivity index (χ2n) is 13.5. The maximum Gasteiger partial charge on any atom is 0.0996 e. The molecule has 0 aromatic heterocycles. The predicted molar refractivity (Wildman–Crippen MR) is 150 cm³/mol. The molecule has 0 aromatic rings. The van der Waals surface area contributed by atoms with Crippen LogP contribution in [-0.2, 0) is 4.74 Å². The van der Waals surface area contributed by atoms with Crippen molar-refractivity contribution in [2.75, 3.05) is 59.0 Å². The predicted octanol–water partition coefficient (Wildman–Crippen LogP) is 4.38. The highest BCUT2D eigenvalue weighted by Gasteiger charge is 2.63. The number of hydrogen-bond acceptors (Lipinski definition) is 5. The number of likely N-dealkylation sites (tertiary alicyclic amines) is 1. The van der Waals surface area contributed by atoms with E-state index in [1.54, 1.807) is 0 Å². The zero-order valence-electron chi connectivity index (χ0n) is 24.8. The van der Waals surface area contributed by atoms with Crippen LogP contribution in [0.4, 0.5) is 0 Å². The first-order chi connectivity index (χ1) is 17.2. The third-order valence-electron chi connectivity index (χ3n) is 11.0. The Morgan fingerprint density at radius 1 is 1.00 bits per heavy atom. The van der Waals surface area contributed by atoms with Crippen molar-refractivity contribution in [3.05, 3.63) is 0 Å². The molecule has 0 aromatic carbocycles. The highest BCUT2D eigenvalue weighted by Crippen LogP contribution is 2.52. The van der Waals surface area contributed by atoms with Gasteiger partial charge in [0, 0.05) is 57.4 Å². The van der Waals surface area contributed by atoms with Gasteiger partial charge < -0.3 is 10.1 Å². The molecule has 4 saturated heterocycles. The fraction of sp³-hybridized carbons (Fsp3) is 1.00.